The number of fused-ring (bicyclic) bond motifs is 3. The van der Waals surface area contributed by atoms with Crippen LogP contribution in [0.3, 0.4) is 0 Å². The summed E-state index contributed by atoms with van der Waals surface area (Å²) in [5.74, 6) is 0. The van der Waals surface area contributed by atoms with Gasteiger partial charge < -0.3 is 14.2 Å². The molecule has 1 N–H and O–H groups in total. The summed E-state index contributed by atoms with van der Waals surface area (Å²) in [5.41, 5.74) is 3.88. The molecule has 0 aliphatic carbocycles. The topological polar surface area (TPSA) is 72.5 Å². The summed E-state index contributed by atoms with van der Waals surface area (Å²) in [6.07, 6.45) is 0. The Hall–Kier alpha value is -4.64. The summed E-state index contributed by atoms with van der Waals surface area (Å²) in [4.78, 5) is 25.4. The van der Waals surface area contributed by atoms with E-state index in [4.69, 9.17) is 8.83 Å². The second kappa shape index (κ2) is 8.29. The quantitative estimate of drug-likeness (QED) is 0.293. The van der Waals surface area contributed by atoms with E-state index in [1.54, 1.807) is 12.1 Å². The Morgan fingerprint density at radius 2 is 1.51 bits per heavy atom. The molecule has 0 saturated heterocycles. The Balaban J connectivity index is 1.57. The van der Waals surface area contributed by atoms with Crippen molar-refractivity contribution in [1.82, 2.24) is 0 Å². The van der Waals surface area contributed by atoms with Crippen LogP contribution in [0.5, 0.6) is 0 Å². The van der Waals surface area contributed by atoms with Gasteiger partial charge in [-0.15, -0.1) is 0 Å². The van der Waals surface area contributed by atoms with E-state index >= 15 is 0 Å². The highest BCUT2D eigenvalue weighted by molar-refractivity contribution is 6.05. The summed E-state index contributed by atoms with van der Waals surface area (Å²) in [6, 6.07) is 28.5. The lowest BCUT2D eigenvalue weighted by Gasteiger charge is -2.11. The molecular weight excluding hydrogens is 438 g/mol. The summed E-state index contributed by atoms with van der Waals surface area (Å²) in [7, 11) is 0. The van der Waals surface area contributed by atoms with E-state index in [1.165, 1.54) is 6.07 Å². The van der Waals surface area contributed by atoms with Gasteiger partial charge in [0.25, 0.3) is 0 Å². The lowest BCUT2D eigenvalue weighted by molar-refractivity contribution is 0.561. The molecule has 0 spiro atoms. The number of nitrogens with one attached hydrogen (secondary N) is 1. The Kier molecular flexibility index (Phi) is 4.96. The van der Waals surface area contributed by atoms with E-state index in [0.29, 0.717) is 22.3 Å². The van der Waals surface area contributed by atoms with Crippen molar-refractivity contribution in [2.24, 2.45) is 0 Å². The first-order valence-electron chi connectivity index (χ1n) is 11.5. The van der Waals surface area contributed by atoms with Crippen LogP contribution >= 0.6 is 0 Å². The number of hydrogen-bond acceptors (Lipinski definition) is 5. The van der Waals surface area contributed by atoms with Crippen molar-refractivity contribution in [3.05, 3.63) is 112 Å². The van der Waals surface area contributed by atoms with Crippen molar-refractivity contribution in [3.63, 3.8) is 0 Å². The highest BCUT2D eigenvalue weighted by Gasteiger charge is 2.14. The van der Waals surface area contributed by atoms with Crippen LogP contribution in [0.15, 0.2) is 109 Å². The van der Waals surface area contributed by atoms with Crippen LogP contribution < -0.4 is 16.6 Å². The van der Waals surface area contributed by atoms with Crippen molar-refractivity contribution in [2.45, 2.75) is 6.92 Å². The minimum Gasteiger partial charge on any atom is -0.423 e. The highest BCUT2D eigenvalue weighted by atomic mass is 16.4. The molecule has 4 aromatic carbocycles. The molecule has 0 saturated carbocycles. The zero-order chi connectivity index (χ0) is 23.9. The zero-order valence-corrected chi connectivity index (χ0v) is 19.0. The second-order valence-electron chi connectivity index (χ2n) is 8.45. The lowest BCUT2D eigenvalue weighted by atomic mass is 9.94. The molecule has 0 aliphatic heterocycles. The van der Waals surface area contributed by atoms with Crippen LogP contribution in [-0.2, 0) is 0 Å². The molecule has 5 nitrogen and oxygen atoms in total. The number of benzene rings is 4. The molecule has 0 amide bonds. The fourth-order valence-corrected chi connectivity index (χ4v) is 4.64. The molecule has 0 atom stereocenters. The number of rotatable bonds is 4. The molecule has 5 heteroatoms. The molecule has 2 heterocycles. The molecule has 0 bridgehead atoms. The summed E-state index contributed by atoms with van der Waals surface area (Å²) >= 11 is 0. The lowest BCUT2D eigenvalue weighted by Crippen LogP contribution is -2.04. The molecule has 170 valence electrons. The van der Waals surface area contributed by atoms with Gasteiger partial charge in [0.1, 0.15) is 11.2 Å². The molecule has 6 aromatic rings. The molecule has 0 aliphatic rings. The maximum absolute atomic E-state index is 13.0. The van der Waals surface area contributed by atoms with E-state index in [1.807, 2.05) is 79.7 Å². The smallest absolute Gasteiger partial charge is 0.344 e. The molecular formula is C30H21NO4. The van der Waals surface area contributed by atoms with Gasteiger partial charge in [0.15, 0.2) is 0 Å². The third kappa shape index (κ3) is 3.67. The third-order valence-corrected chi connectivity index (χ3v) is 6.25. The van der Waals surface area contributed by atoms with Gasteiger partial charge in [-0.1, -0.05) is 48.5 Å². The average Bonchev–Trinajstić information content (AvgIpc) is 2.87. The van der Waals surface area contributed by atoms with Crippen LogP contribution in [0.1, 0.15) is 6.92 Å². The Bertz CT molecular complexity index is 1860. The minimum atomic E-state index is -0.422. The van der Waals surface area contributed by atoms with Gasteiger partial charge in [-0.3, -0.25) is 0 Å². The average molecular weight is 460 g/mol. The predicted molar refractivity (Wildman–Crippen MR) is 141 cm³/mol. The fourth-order valence-electron chi connectivity index (χ4n) is 4.64. The molecule has 0 unspecified atom stereocenters. The van der Waals surface area contributed by atoms with E-state index in [-0.39, 0.29) is 0 Å². The van der Waals surface area contributed by atoms with Crippen molar-refractivity contribution in [1.29, 1.82) is 0 Å². The normalized spacial score (nSPS) is 11.3. The standard InChI is InChI=1S/C30H21NO4/c1-2-31-21-12-10-20-15-24(30(33)35-28(20)16-21)19-11-13-27-26(14-19)25(17-29(32)34-27)23-9-5-7-18-6-3-4-8-22(18)23/h3-17,31H,2H2,1H3. The van der Waals surface area contributed by atoms with Crippen LogP contribution in [0.4, 0.5) is 5.69 Å². The molecule has 6 rings (SSSR count). The van der Waals surface area contributed by atoms with Crippen LogP contribution in [0, 0.1) is 0 Å². The van der Waals surface area contributed by atoms with Gasteiger partial charge in [-0.05, 0) is 59.2 Å². The monoisotopic (exact) mass is 459 g/mol. The van der Waals surface area contributed by atoms with Crippen molar-refractivity contribution >= 4 is 38.4 Å². The van der Waals surface area contributed by atoms with Gasteiger partial charge in [-0.25, -0.2) is 9.59 Å². The van der Waals surface area contributed by atoms with Gasteiger partial charge in [0.2, 0.25) is 0 Å². The van der Waals surface area contributed by atoms with Gasteiger partial charge in [0.05, 0.1) is 5.56 Å². The second-order valence-corrected chi connectivity index (χ2v) is 8.45. The fraction of sp³-hybridized carbons (Fsp3) is 0.0667. The van der Waals surface area contributed by atoms with E-state index in [2.05, 4.69) is 5.32 Å². The van der Waals surface area contributed by atoms with Gasteiger partial charge >= 0.3 is 11.3 Å². The van der Waals surface area contributed by atoms with Crippen molar-refractivity contribution in [3.8, 4) is 22.3 Å². The Morgan fingerprint density at radius 1 is 0.657 bits per heavy atom. The maximum atomic E-state index is 13.0. The highest BCUT2D eigenvalue weighted by Crippen LogP contribution is 2.35. The van der Waals surface area contributed by atoms with E-state index in [9.17, 15) is 9.59 Å². The number of anilines is 1. The van der Waals surface area contributed by atoms with Crippen LogP contribution in [0.2, 0.25) is 0 Å². The first-order chi connectivity index (χ1) is 17.1. The third-order valence-electron chi connectivity index (χ3n) is 6.25. The van der Waals surface area contributed by atoms with Gasteiger partial charge in [-0.2, -0.15) is 0 Å². The molecule has 2 aromatic heterocycles. The van der Waals surface area contributed by atoms with E-state index in [0.717, 1.165) is 44.9 Å². The SMILES string of the molecule is CCNc1ccc2cc(-c3ccc4oc(=O)cc(-c5cccc6ccccc56)c4c3)c(=O)oc2c1. The summed E-state index contributed by atoms with van der Waals surface area (Å²) in [6.45, 7) is 2.79. The Morgan fingerprint density at radius 3 is 2.40 bits per heavy atom. The Labute approximate surface area is 200 Å². The van der Waals surface area contributed by atoms with Crippen LogP contribution in [-0.4, -0.2) is 6.54 Å². The largest absolute Gasteiger partial charge is 0.423 e. The van der Waals surface area contributed by atoms with Crippen LogP contribution in [0.25, 0.3) is 55.0 Å². The maximum Gasteiger partial charge on any atom is 0.344 e. The van der Waals surface area contributed by atoms with Gasteiger partial charge in [0, 0.05) is 40.7 Å². The first-order valence-corrected chi connectivity index (χ1v) is 11.5. The summed E-state index contributed by atoms with van der Waals surface area (Å²) in [5, 5.41) is 6.92. The predicted octanol–water partition coefficient (Wildman–Crippen LogP) is 6.82. The van der Waals surface area contributed by atoms with Crippen molar-refractivity contribution < 1.29 is 8.83 Å². The zero-order valence-electron chi connectivity index (χ0n) is 19.0. The number of hydrogen-bond donors (Lipinski definition) is 1. The molecule has 0 fully saturated rings. The molecule has 35 heavy (non-hydrogen) atoms. The first kappa shape index (κ1) is 20.9. The summed E-state index contributed by atoms with van der Waals surface area (Å²) < 4.78 is 11.2. The molecule has 0 radical (unpaired) electrons. The van der Waals surface area contributed by atoms with E-state index < -0.39 is 11.3 Å². The minimum absolute atomic E-state index is 0.421. The van der Waals surface area contributed by atoms with Crippen molar-refractivity contribution in [2.75, 3.05) is 11.9 Å².